The third kappa shape index (κ3) is 2.80. The second-order valence-corrected chi connectivity index (χ2v) is 5.63. The van der Waals surface area contributed by atoms with Gasteiger partial charge < -0.3 is 10.0 Å². The number of carbonyl (C=O) groups excluding carboxylic acids is 1. The maximum Gasteiger partial charge on any atom is 0.326 e. The van der Waals surface area contributed by atoms with Gasteiger partial charge in [-0.25, -0.2) is 9.48 Å². The molecule has 0 fully saturated rings. The fourth-order valence-electron chi connectivity index (χ4n) is 2.89. The zero-order valence-corrected chi connectivity index (χ0v) is 13.2. The van der Waals surface area contributed by atoms with E-state index >= 15 is 0 Å². The predicted octanol–water partition coefficient (Wildman–Crippen LogP) is 0.915. The van der Waals surface area contributed by atoms with E-state index in [0.717, 1.165) is 11.1 Å². The smallest absolute Gasteiger partial charge is 0.326 e. The first-order chi connectivity index (χ1) is 11.5. The third-order valence-corrected chi connectivity index (χ3v) is 4.18. The van der Waals surface area contributed by atoms with E-state index in [2.05, 4.69) is 5.10 Å². The third-order valence-electron chi connectivity index (χ3n) is 4.18. The number of hydrogen-bond acceptors (Lipinski definition) is 4. The molecule has 0 aliphatic carbocycles. The largest absolute Gasteiger partial charge is 0.480 e. The molecule has 124 valence electrons. The first-order valence-electron chi connectivity index (χ1n) is 7.70. The summed E-state index contributed by atoms with van der Waals surface area (Å²) in [5.74, 6) is -1.54. The highest BCUT2D eigenvalue weighted by Gasteiger charge is 2.35. The van der Waals surface area contributed by atoms with Crippen LogP contribution in [-0.2, 0) is 24.3 Å². The van der Waals surface area contributed by atoms with Crippen LogP contribution in [0.15, 0.2) is 41.2 Å². The summed E-state index contributed by atoms with van der Waals surface area (Å²) in [7, 11) is 0. The second-order valence-electron chi connectivity index (χ2n) is 5.63. The Balaban J connectivity index is 1.98. The van der Waals surface area contributed by atoms with Gasteiger partial charge in [-0.15, -0.1) is 0 Å². The van der Waals surface area contributed by atoms with Crippen LogP contribution in [0.2, 0.25) is 0 Å². The Morgan fingerprint density at radius 2 is 1.92 bits per heavy atom. The molecule has 2 heterocycles. The molecule has 0 saturated heterocycles. The van der Waals surface area contributed by atoms with Crippen molar-refractivity contribution in [3.8, 4) is 0 Å². The lowest BCUT2D eigenvalue weighted by atomic mass is 9.93. The molecule has 0 bridgehead atoms. The molecule has 0 spiro atoms. The van der Waals surface area contributed by atoms with Gasteiger partial charge in [0.25, 0.3) is 11.5 Å². The van der Waals surface area contributed by atoms with Gasteiger partial charge in [-0.3, -0.25) is 9.59 Å². The molecule has 24 heavy (non-hydrogen) atoms. The summed E-state index contributed by atoms with van der Waals surface area (Å²) < 4.78 is 1.18. The van der Waals surface area contributed by atoms with Crippen molar-refractivity contribution in [1.29, 1.82) is 0 Å². The minimum atomic E-state index is -1.05. The van der Waals surface area contributed by atoms with E-state index in [-0.39, 0.29) is 24.2 Å². The van der Waals surface area contributed by atoms with Crippen LogP contribution in [0.5, 0.6) is 0 Å². The van der Waals surface area contributed by atoms with Crippen LogP contribution in [-0.4, -0.2) is 37.7 Å². The number of carbonyl (C=O) groups is 2. The number of benzene rings is 1. The molecule has 1 atom stereocenters. The van der Waals surface area contributed by atoms with Crippen molar-refractivity contribution in [2.45, 2.75) is 32.5 Å². The Hall–Kier alpha value is -2.96. The number of hydrogen-bond donors (Lipinski definition) is 1. The summed E-state index contributed by atoms with van der Waals surface area (Å²) in [6, 6.07) is 9.15. The molecule has 7 heteroatoms. The van der Waals surface area contributed by atoms with E-state index in [9.17, 15) is 19.5 Å². The highest BCUT2D eigenvalue weighted by atomic mass is 16.4. The molecular formula is C17H17N3O4. The normalized spacial score (nSPS) is 16.5. The number of fused-ring (bicyclic) bond motifs is 1. The highest BCUT2D eigenvalue weighted by Crippen LogP contribution is 2.24. The van der Waals surface area contributed by atoms with Gasteiger partial charge in [0.15, 0.2) is 0 Å². The number of nitrogens with zero attached hydrogens (tertiary/aromatic N) is 3. The maximum absolute atomic E-state index is 12.8. The van der Waals surface area contributed by atoms with Crippen LogP contribution >= 0.6 is 0 Å². The zero-order chi connectivity index (χ0) is 17.3. The van der Waals surface area contributed by atoms with E-state index in [4.69, 9.17) is 0 Å². The number of carboxylic acids is 1. The fourth-order valence-corrected chi connectivity index (χ4v) is 2.89. The SMILES string of the molecule is CCn1nc(C(=O)N2Cc3ccccc3C[C@@H]2C(=O)O)ccc1=O. The monoisotopic (exact) mass is 327 g/mol. The van der Waals surface area contributed by atoms with Gasteiger partial charge in [-0.1, -0.05) is 24.3 Å². The van der Waals surface area contributed by atoms with Crippen molar-refractivity contribution in [2.24, 2.45) is 0 Å². The van der Waals surface area contributed by atoms with Crippen LogP contribution in [0.25, 0.3) is 0 Å². The van der Waals surface area contributed by atoms with Crippen molar-refractivity contribution in [2.75, 3.05) is 0 Å². The molecule has 2 aromatic rings. The Bertz CT molecular complexity index is 859. The van der Waals surface area contributed by atoms with Crippen molar-refractivity contribution in [3.63, 3.8) is 0 Å². The molecule has 0 radical (unpaired) electrons. The van der Waals surface area contributed by atoms with Crippen molar-refractivity contribution in [1.82, 2.24) is 14.7 Å². The zero-order valence-electron chi connectivity index (χ0n) is 13.2. The standard InChI is InChI=1S/C17H17N3O4/c1-2-20-15(21)8-7-13(18-20)16(22)19-10-12-6-4-3-5-11(12)9-14(19)17(23)24/h3-8,14H,2,9-10H2,1H3,(H,23,24)/t14-/m1/s1. The van der Waals surface area contributed by atoms with Gasteiger partial charge in [0.2, 0.25) is 0 Å². The van der Waals surface area contributed by atoms with Crippen molar-refractivity contribution in [3.05, 3.63) is 63.6 Å². The molecule has 7 nitrogen and oxygen atoms in total. The molecular weight excluding hydrogens is 310 g/mol. The molecule has 0 unspecified atom stereocenters. The highest BCUT2D eigenvalue weighted by molar-refractivity contribution is 5.95. The Labute approximate surface area is 138 Å². The minimum Gasteiger partial charge on any atom is -0.480 e. The van der Waals surface area contributed by atoms with E-state index in [1.54, 1.807) is 6.92 Å². The topological polar surface area (TPSA) is 92.5 Å². The molecule has 3 rings (SSSR count). The minimum absolute atomic E-state index is 0.0714. The average molecular weight is 327 g/mol. The van der Waals surface area contributed by atoms with Crippen LogP contribution < -0.4 is 5.56 Å². The number of aromatic nitrogens is 2. The van der Waals surface area contributed by atoms with E-state index in [1.807, 2.05) is 24.3 Å². The van der Waals surface area contributed by atoms with E-state index in [1.165, 1.54) is 21.7 Å². The van der Waals surface area contributed by atoms with Gasteiger partial charge in [-0.05, 0) is 24.1 Å². The molecule has 1 N–H and O–H groups in total. The molecule has 1 aliphatic rings. The number of amides is 1. The van der Waals surface area contributed by atoms with E-state index < -0.39 is 17.9 Å². The summed E-state index contributed by atoms with van der Waals surface area (Å²) in [5.41, 5.74) is 1.63. The van der Waals surface area contributed by atoms with Crippen molar-refractivity contribution >= 4 is 11.9 Å². The van der Waals surface area contributed by atoms with Crippen LogP contribution in [0.1, 0.15) is 28.5 Å². The molecule has 1 aromatic carbocycles. The molecule has 1 aromatic heterocycles. The first-order valence-corrected chi connectivity index (χ1v) is 7.70. The van der Waals surface area contributed by atoms with Gasteiger partial charge >= 0.3 is 5.97 Å². The Morgan fingerprint density at radius 3 is 2.58 bits per heavy atom. The first kappa shape index (κ1) is 15.9. The van der Waals surface area contributed by atoms with Gasteiger partial charge in [-0.2, -0.15) is 5.10 Å². The number of rotatable bonds is 3. The quantitative estimate of drug-likeness (QED) is 0.905. The number of carboxylic acid groups (broad SMARTS) is 1. The molecule has 0 saturated carbocycles. The number of aryl methyl sites for hydroxylation is 1. The van der Waals surface area contributed by atoms with Crippen LogP contribution in [0, 0.1) is 0 Å². The molecule has 1 amide bonds. The lowest BCUT2D eigenvalue weighted by Crippen LogP contribution is -2.49. The van der Waals surface area contributed by atoms with Crippen molar-refractivity contribution < 1.29 is 14.7 Å². The summed E-state index contributed by atoms with van der Waals surface area (Å²) >= 11 is 0. The van der Waals surface area contributed by atoms with E-state index in [0.29, 0.717) is 6.54 Å². The lowest BCUT2D eigenvalue weighted by Gasteiger charge is -2.34. The Kier molecular flexibility index (Phi) is 4.16. The maximum atomic E-state index is 12.8. The summed E-state index contributed by atoms with van der Waals surface area (Å²) in [5, 5.41) is 13.5. The second kappa shape index (κ2) is 6.27. The molecule has 1 aliphatic heterocycles. The number of aliphatic carboxylic acids is 1. The van der Waals surface area contributed by atoms with Crippen LogP contribution in [0.4, 0.5) is 0 Å². The lowest BCUT2D eigenvalue weighted by molar-refractivity contribution is -0.142. The summed E-state index contributed by atoms with van der Waals surface area (Å²) in [6.07, 6.45) is 0.255. The van der Waals surface area contributed by atoms with Crippen LogP contribution in [0.3, 0.4) is 0 Å². The van der Waals surface area contributed by atoms with Gasteiger partial charge in [0, 0.05) is 25.6 Å². The van der Waals surface area contributed by atoms with Gasteiger partial charge in [0.05, 0.1) is 0 Å². The van der Waals surface area contributed by atoms with Gasteiger partial charge in [0.1, 0.15) is 11.7 Å². The Morgan fingerprint density at radius 1 is 1.21 bits per heavy atom. The predicted molar refractivity (Wildman–Crippen MR) is 85.6 cm³/mol. The summed E-state index contributed by atoms with van der Waals surface area (Å²) in [6.45, 7) is 2.30. The summed E-state index contributed by atoms with van der Waals surface area (Å²) in [4.78, 5) is 37.3. The average Bonchev–Trinajstić information content (AvgIpc) is 2.60. The fraction of sp³-hybridized carbons (Fsp3) is 0.294.